The molecule has 1 aromatic heterocycles. The Morgan fingerprint density at radius 2 is 2.00 bits per heavy atom. The topological polar surface area (TPSA) is 33.5 Å². The van der Waals surface area contributed by atoms with Gasteiger partial charge in [0.1, 0.15) is 0 Å². The second-order valence-electron chi connectivity index (χ2n) is 4.01. The first-order valence-electron chi connectivity index (χ1n) is 5.42. The minimum atomic E-state index is -0.197. The zero-order valence-electron chi connectivity index (χ0n) is 9.99. The number of hydrogen-bond acceptors (Lipinski definition) is 2. The van der Waals surface area contributed by atoms with Crippen LogP contribution in [0.4, 0.5) is 0 Å². The SMILES string of the molecule is CN(Cc1ccc(Cl)c(Cl)c1)C(=O)c1ccc(Br)o1. The van der Waals surface area contributed by atoms with Gasteiger partial charge in [0.05, 0.1) is 10.0 Å². The van der Waals surface area contributed by atoms with Crippen molar-refractivity contribution in [3.05, 3.63) is 56.4 Å². The third-order valence-corrected chi connectivity index (χ3v) is 3.70. The van der Waals surface area contributed by atoms with Crippen molar-refractivity contribution in [3.8, 4) is 0 Å². The lowest BCUT2D eigenvalue weighted by Gasteiger charge is -2.16. The zero-order valence-corrected chi connectivity index (χ0v) is 13.1. The summed E-state index contributed by atoms with van der Waals surface area (Å²) in [6, 6.07) is 8.58. The van der Waals surface area contributed by atoms with E-state index in [1.807, 2.05) is 6.07 Å². The number of carbonyl (C=O) groups excluding carboxylic acids is 1. The predicted molar refractivity (Wildman–Crippen MR) is 78.7 cm³/mol. The molecule has 0 bridgehead atoms. The average molecular weight is 363 g/mol. The lowest BCUT2D eigenvalue weighted by atomic mass is 10.2. The molecular weight excluding hydrogens is 353 g/mol. The van der Waals surface area contributed by atoms with Gasteiger partial charge in [-0.15, -0.1) is 0 Å². The first-order valence-corrected chi connectivity index (χ1v) is 6.97. The van der Waals surface area contributed by atoms with Crippen LogP contribution in [0.5, 0.6) is 0 Å². The highest BCUT2D eigenvalue weighted by atomic mass is 79.9. The van der Waals surface area contributed by atoms with Gasteiger partial charge in [-0.25, -0.2) is 0 Å². The number of carbonyl (C=O) groups is 1. The average Bonchev–Trinajstić information content (AvgIpc) is 2.79. The highest BCUT2D eigenvalue weighted by Gasteiger charge is 2.16. The van der Waals surface area contributed by atoms with Crippen LogP contribution in [0.3, 0.4) is 0 Å². The summed E-state index contributed by atoms with van der Waals surface area (Å²) in [6.07, 6.45) is 0. The molecule has 0 saturated carbocycles. The number of rotatable bonds is 3. The molecule has 0 spiro atoms. The Bertz CT molecular complexity index is 612. The van der Waals surface area contributed by atoms with Crippen molar-refractivity contribution in [1.29, 1.82) is 0 Å². The Morgan fingerprint density at radius 1 is 1.26 bits per heavy atom. The minimum Gasteiger partial charge on any atom is -0.444 e. The highest BCUT2D eigenvalue weighted by molar-refractivity contribution is 9.10. The van der Waals surface area contributed by atoms with Crippen LogP contribution in [0.1, 0.15) is 16.1 Å². The van der Waals surface area contributed by atoms with E-state index in [4.69, 9.17) is 27.6 Å². The lowest BCUT2D eigenvalue weighted by Crippen LogP contribution is -2.25. The molecule has 0 radical (unpaired) electrons. The summed E-state index contributed by atoms with van der Waals surface area (Å²) in [5.74, 6) is 0.0891. The van der Waals surface area contributed by atoms with E-state index in [1.165, 1.54) is 0 Å². The molecule has 0 N–H and O–H groups in total. The fourth-order valence-corrected chi connectivity index (χ4v) is 2.23. The molecule has 2 rings (SSSR count). The first-order chi connectivity index (χ1) is 8.97. The van der Waals surface area contributed by atoms with Crippen molar-refractivity contribution >= 4 is 45.0 Å². The van der Waals surface area contributed by atoms with Crippen LogP contribution < -0.4 is 0 Å². The normalized spacial score (nSPS) is 10.5. The smallest absolute Gasteiger partial charge is 0.289 e. The molecular formula is C13H10BrCl2NO2. The fourth-order valence-electron chi connectivity index (χ4n) is 1.60. The first kappa shape index (κ1) is 14.4. The van der Waals surface area contributed by atoms with Gasteiger partial charge in [-0.2, -0.15) is 0 Å². The number of furan rings is 1. The Labute approximate surface area is 129 Å². The zero-order chi connectivity index (χ0) is 14.0. The largest absolute Gasteiger partial charge is 0.444 e. The molecule has 0 unspecified atom stereocenters. The van der Waals surface area contributed by atoms with Crippen molar-refractivity contribution in [3.63, 3.8) is 0 Å². The van der Waals surface area contributed by atoms with Crippen LogP contribution in [0.2, 0.25) is 10.0 Å². The van der Waals surface area contributed by atoms with Crippen LogP contribution in [0.15, 0.2) is 39.4 Å². The summed E-state index contributed by atoms with van der Waals surface area (Å²) >= 11 is 14.9. The monoisotopic (exact) mass is 361 g/mol. The summed E-state index contributed by atoms with van der Waals surface area (Å²) in [6.45, 7) is 0.425. The van der Waals surface area contributed by atoms with E-state index in [0.29, 0.717) is 21.3 Å². The summed E-state index contributed by atoms with van der Waals surface area (Å²) in [5.41, 5.74) is 0.899. The fraction of sp³-hybridized carbons (Fsp3) is 0.154. The van der Waals surface area contributed by atoms with Gasteiger partial charge in [-0.1, -0.05) is 29.3 Å². The number of nitrogens with zero attached hydrogens (tertiary/aromatic N) is 1. The minimum absolute atomic E-state index is 0.197. The Hall–Kier alpha value is -0.970. The Morgan fingerprint density at radius 3 is 2.58 bits per heavy atom. The summed E-state index contributed by atoms with van der Waals surface area (Å²) in [4.78, 5) is 13.6. The maximum absolute atomic E-state index is 12.1. The molecule has 0 aliphatic rings. The molecule has 100 valence electrons. The molecule has 3 nitrogen and oxygen atoms in total. The van der Waals surface area contributed by atoms with Gasteiger partial charge in [0, 0.05) is 13.6 Å². The van der Waals surface area contributed by atoms with Crippen LogP contribution in [-0.2, 0) is 6.54 Å². The van der Waals surface area contributed by atoms with E-state index >= 15 is 0 Å². The van der Waals surface area contributed by atoms with E-state index in [9.17, 15) is 4.79 Å². The van der Waals surface area contributed by atoms with Gasteiger partial charge in [0.2, 0.25) is 0 Å². The molecule has 1 heterocycles. The Balaban J connectivity index is 2.10. The van der Waals surface area contributed by atoms with Crippen LogP contribution in [0, 0.1) is 0 Å². The van der Waals surface area contributed by atoms with Crippen molar-refractivity contribution < 1.29 is 9.21 Å². The van der Waals surface area contributed by atoms with Gasteiger partial charge in [0.15, 0.2) is 10.4 Å². The number of hydrogen-bond donors (Lipinski definition) is 0. The Kier molecular flexibility index (Phi) is 4.55. The molecule has 0 saturated heterocycles. The van der Waals surface area contributed by atoms with E-state index < -0.39 is 0 Å². The van der Waals surface area contributed by atoms with Gasteiger partial charge < -0.3 is 9.32 Å². The number of amides is 1. The molecule has 1 amide bonds. The third kappa shape index (κ3) is 3.53. The third-order valence-electron chi connectivity index (χ3n) is 2.53. The van der Waals surface area contributed by atoms with Gasteiger partial charge in [-0.3, -0.25) is 4.79 Å². The van der Waals surface area contributed by atoms with Crippen LogP contribution in [-0.4, -0.2) is 17.9 Å². The van der Waals surface area contributed by atoms with E-state index in [0.717, 1.165) is 5.56 Å². The summed E-state index contributed by atoms with van der Waals surface area (Å²) < 4.78 is 5.75. The quantitative estimate of drug-likeness (QED) is 0.798. The molecule has 0 aliphatic heterocycles. The predicted octanol–water partition coefficient (Wildman–Crippen LogP) is 4.62. The van der Waals surface area contributed by atoms with Crippen molar-refractivity contribution in [2.24, 2.45) is 0 Å². The summed E-state index contributed by atoms with van der Waals surface area (Å²) in [5, 5.41) is 0.968. The van der Waals surface area contributed by atoms with Crippen molar-refractivity contribution in [2.75, 3.05) is 7.05 Å². The van der Waals surface area contributed by atoms with Gasteiger partial charge in [-0.05, 0) is 45.8 Å². The molecule has 1 aromatic carbocycles. The molecule has 0 aliphatic carbocycles. The van der Waals surface area contributed by atoms with Gasteiger partial charge >= 0.3 is 0 Å². The lowest BCUT2D eigenvalue weighted by molar-refractivity contribution is 0.0752. The van der Waals surface area contributed by atoms with Crippen LogP contribution in [0.25, 0.3) is 0 Å². The summed E-state index contributed by atoms with van der Waals surface area (Å²) in [7, 11) is 1.70. The number of halogens is 3. The maximum atomic E-state index is 12.1. The second-order valence-corrected chi connectivity index (χ2v) is 5.61. The standard InChI is InChI=1S/C13H10BrCl2NO2/c1-17(13(18)11-4-5-12(14)19-11)7-8-2-3-9(15)10(16)6-8/h2-6H,7H2,1H3. The molecule has 0 atom stereocenters. The molecule has 19 heavy (non-hydrogen) atoms. The maximum Gasteiger partial charge on any atom is 0.289 e. The van der Waals surface area contributed by atoms with E-state index in [-0.39, 0.29) is 11.7 Å². The molecule has 6 heteroatoms. The van der Waals surface area contributed by atoms with Gasteiger partial charge in [0.25, 0.3) is 5.91 Å². The number of benzene rings is 1. The van der Waals surface area contributed by atoms with E-state index in [1.54, 1.807) is 36.2 Å². The van der Waals surface area contributed by atoms with Crippen molar-refractivity contribution in [1.82, 2.24) is 4.90 Å². The van der Waals surface area contributed by atoms with E-state index in [2.05, 4.69) is 15.9 Å². The highest BCUT2D eigenvalue weighted by Crippen LogP contribution is 2.23. The van der Waals surface area contributed by atoms with Crippen molar-refractivity contribution in [2.45, 2.75) is 6.54 Å². The second kappa shape index (κ2) is 5.99. The van der Waals surface area contributed by atoms with Crippen LogP contribution >= 0.6 is 39.1 Å². The molecule has 0 fully saturated rings. The molecule has 2 aromatic rings.